The smallest absolute Gasteiger partial charge is 0.0636 e. The van der Waals surface area contributed by atoms with Crippen molar-refractivity contribution in [2.45, 2.75) is 19.4 Å². The Labute approximate surface area is 72.8 Å². The van der Waals surface area contributed by atoms with Crippen LogP contribution >= 0.6 is 0 Å². The lowest BCUT2D eigenvalue weighted by Crippen LogP contribution is -2.11. The first-order valence-corrected chi connectivity index (χ1v) is 3.93. The van der Waals surface area contributed by atoms with Gasteiger partial charge in [-0.3, -0.25) is 4.98 Å². The van der Waals surface area contributed by atoms with Crippen LogP contribution in [0.2, 0.25) is 0 Å². The highest BCUT2D eigenvalue weighted by Gasteiger charge is 1.87. The van der Waals surface area contributed by atoms with Gasteiger partial charge < -0.3 is 5.73 Å². The molecule has 1 unspecified atom stereocenters. The molecular weight excluding hydrogens is 148 g/mol. The monoisotopic (exact) mass is 160 g/mol. The fourth-order valence-corrected chi connectivity index (χ4v) is 0.805. The Kier molecular flexibility index (Phi) is 3.31. The maximum Gasteiger partial charge on any atom is 0.0636 e. The second-order valence-corrected chi connectivity index (χ2v) is 2.61. The van der Waals surface area contributed by atoms with Gasteiger partial charge in [0.25, 0.3) is 0 Å². The molecule has 1 atom stereocenters. The molecular formula is C10H12N2. The molecule has 0 aromatic carbocycles. The molecule has 12 heavy (non-hydrogen) atoms. The summed E-state index contributed by atoms with van der Waals surface area (Å²) < 4.78 is 0. The largest absolute Gasteiger partial charge is 0.318 e. The van der Waals surface area contributed by atoms with Crippen LogP contribution in [0.5, 0.6) is 0 Å². The first-order chi connectivity index (χ1) is 5.79. The summed E-state index contributed by atoms with van der Waals surface area (Å²) >= 11 is 0. The quantitative estimate of drug-likeness (QED) is 0.622. The van der Waals surface area contributed by atoms with E-state index in [-0.39, 0.29) is 6.04 Å². The molecule has 0 aliphatic rings. The second kappa shape index (κ2) is 4.53. The molecule has 0 saturated carbocycles. The number of hydrogen-bond acceptors (Lipinski definition) is 2. The van der Waals surface area contributed by atoms with Crippen LogP contribution in [0.15, 0.2) is 24.4 Å². The van der Waals surface area contributed by atoms with E-state index < -0.39 is 0 Å². The summed E-state index contributed by atoms with van der Waals surface area (Å²) in [6.45, 7) is 1.87. The Morgan fingerprint density at radius 2 is 2.42 bits per heavy atom. The number of aromatic nitrogens is 1. The minimum Gasteiger partial charge on any atom is -0.318 e. The molecule has 2 nitrogen and oxygen atoms in total. The van der Waals surface area contributed by atoms with E-state index in [1.54, 1.807) is 6.20 Å². The average Bonchev–Trinajstić information content (AvgIpc) is 2.05. The van der Waals surface area contributed by atoms with Gasteiger partial charge in [-0.05, 0) is 19.1 Å². The maximum atomic E-state index is 5.46. The highest BCUT2D eigenvalue weighted by atomic mass is 14.7. The SMILES string of the molecule is CC(N)C#CCc1ccccn1. The standard InChI is InChI=1S/C10H12N2/c1-9(11)5-4-7-10-6-2-3-8-12-10/h2-3,6,8-9H,7,11H2,1H3. The highest BCUT2D eigenvalue weighted by molar-refractivity contribution is 5.14. The van der Waals surface area contributed by atoms with Gasteiger partial charge in [0.1, 0.15) is 0 Å². The molecule has 2 N–H and O–H groups in total. The van der Waals surface area contributed by atoms with Crippen molar-refractivity contribution in [1.82, 2.24) is 4.98 Å². The van der Waals surface area contributed by atoms with E-state index in [4.69, 9.17) is 5.73 Å². The van der Waals surface area contributed by atoms with E-state index in [0.29, 0.717) is 6.42 Å². The molecule has 1 aromatic heterocycles. The number of nitrogens with two attached hydrogens (primary N) is 1. The fraction of sp³-hybridized carbons (Fsp3) is 0.300. The normalized spacial score (nSPS) is 11.5. The van der Waals surface area contributed by atoms with E-state index >= 15 is 0 Å². The summed E-state index contributed by atoms with van der Waals surface area (Å²) in [7, 11) is 0. The van der Waals surface area contributed by atoms with Crippen molar-refractivity contribution in [1.29, 1.82) is 0 Å². The third-order valence-corrected chi connectivity index (χ3v) is 1.33. The number of hydrogen-bond donors (Lipinski definition) is 1. The third-order valence-electron chi connectivity index (χ3n) is 1.33. The molecule has 0 fully saturated rings. The van der Waals surface area contributed by atoms with Gasteiger partial charge in [-0.2, -0.15) is 0 Å². The van der Waals surface area contributed by atoms with Gasteiger partial charge >= 0.3 is 0 Å². The minimum absolute atomic E-state index is 0.0475. The summed E-state index contributed by atoms with van der Waals surface area (Å²) in [5, 5.41) is 0. The molecule has 0 aliphatic carbocycles. The summed E-state index contributed by atoms with van der Waals surface area (Å²) in [4.78, 5) is 4.13. The molecule has 62 valence electrons. The van der Waals surface area contributed by atoms with Crippen molar-refractivity contribution in [2.24, 2.45) is 5.73 Å². The Balaban J connectivity index is 2.51. The topological polar surface area (TPSA) is 38.9 Å². The number of rotatable bonds is 1. The summed E-state index contributed by atoms with van der Waals surface area (Å²) in [5.74, 6) is 5.85. The number of nitrogens with zero attached hydrogens (tertiary/aromatic N) is 1. The first-order valence-electron chi connectivity index (χ1n) is 3.93. The van der Waals surface area contributed by atoms with E-state index in [1.807, 2.05) is 25.1 Å². The van der Waals surface area contributed by atoms with Crippen molar-refractivity contribution in [3.05, 3.63) is 30.1 Å². The molecule has 0 radical (unpaired) electrons. The van der Waals surface area contributed by atoms with Crippen molar-refractivity contribution < 1.29 is 0 Å². The Morgan fingerprint density at radius 1 is 1.58 bits per heavy atom. The molecule has 2 heteroatoms. The minimum atomic E-state index is -0.0475. The molecule has 0 bridgehead atoms. The van der Waals surface area contributed by atoms with Crippen molar-refractivity contribution in [3.8, 4) is 11.8 Å². The van der Waals surface area contributed by atoms with E-state index in [0.717, 1.165) is 5.69 Å². The van der Waals surface area contributed by atoms with Crippen LogP contribution in [0, 0.1) is 11.8 Å². The molecule has 0 amide bonds. The first kappa shape index (κ1) is 8.76. The van der Waals surface area contributed by atoms with Crippen LogP contribution in [-0.4, -0.2) is 11.0 Å². The lowest BCUT2D eigenvalue weighted by atomic mass is 10.2. The third kappa shape index (κ3) is 3.18. The van der Waals surface area contributed by atoms with E-state index in [9.17, 15) is 0 Å². The van der Waals surface area contributed by atoms with Crippen molar-refractivity contribution in [3.63, 3.8) is 0 Å². The van der Waals surface area contributed by atoms with Crippen LogP contribution < -0.4 is 5.73 Å². The molecule has 0 aliphatic heterocycles. The lowest BCUT2D eigenvalue weighted by molar-refractivity contribution is 0.956. The predicted molar refractivity (Wildman–Crippen MR) is 49.4 cm³/mol. The number of pyridine rings is 1. The van der Waals surface area contributed by atoms with Gasteiger partial charge in [0.15, 0.2) is 0 Å². The van der Waals surface area contributed by atoms with Crippen LogP contribution in [0.3, 0.4) is 0 Å². The van der Waals surface area contributed by atoms with Crippen molar-refractivity contribution in [2.75, 3.05) is 0 Å². The van der Waals surface area contributed by atoms with Crippen LogP contribution in [0.25, 0.3) is 0 Å². The molecule has 1 aromatic rings. The second-order valence-electron chi connectivity index (χ2n) is 2.61. The lowest BCUT2D eigenvalue weighted by Gasteiger charge is -1.91. The molecule has 0 saturated heterocycles. The van der Waals surface area contributed by atoms with Gasteiger partial charge in [-0.25, -0.2) is 0 Å². The zero-order chi connectivity index (χ0) is 8.81. The van der Waals surface area contributed by atoms with Crippen LogP contribution in [0.1, 0.15) is 12.6 Å². The zero-order valence-electron chi connectivity index (χ0n) is 7.12. The Hall–Kier alpha value is -1.33. The van der Waals surface area contributed by atoms with E-state index in [1.165, 1.54) is 0 Å². The Bertz CT molecular complexity index is 280. The Morgan fingerprint density at radius 3 is 3.00 bits per heavy atom. The van der Waals surface area contributed by atoms with Gasteiger partial charge in [0.05, 0.1) is 18.2 Å². The van der Waals surface area contributed by atoms with Crippen LogP contribution in [-0.2, 0) is 6.42 Å². The molecule has 1 rings (SSSR count). The fourth-order valence-electron chi connectivity index (χ4n) is 0.805. The van der Waals surface area contributed by atoms with Gasteiger partial charge in [-0.1, -0.05) is 17.9 Å². The van der Waals surface area contributed by atoms with Crippen molar-refractivity contribution >= 4 is 0 Å². The summed E-state index contributed by atoms with van der Waals surface area (Å²) in [6.07, 6.45) is 2.45. The summed E-state index contributed by atoms with van der Waals surface area (Å²) in [5.41, 5.74) is 6.45. The van der Waals surface area contributed by atoms with Gasteiger partial charge in [-0.15, -0.1) is 0 Å². The average molecular weight is 160 g/mol. The zero-order valence-corrected chi connectivity index (χ0v) is 7.12. The predicted octanol–water partition coefficient (Wildman–Crippen LogP) is 0.975. The highest BCUT2D eigenvalue weighted by Crippen LogP contribution is 1.92. The van der Waals surface area contributed by atoms with Gasteiger partial charge in [0.2, 0.25) is 0 Å². The maximum absolute atomic E-state index is 5.46. The van der Waals surface area contributed by atoms with Gasteiger partial charge in [0, 0.05) is 6.20 Å². The van der Waals surface area contributed by atoms with E-state index in [2.05, 4.69) is 16.8 Å². The molecule has 0 spiro atoms. The summed E-state index contributed by atoms with van der Waals surface area (Å²) in [6, 6.07) is 5.75. The van der Waals surface area contributed by atoms with Crippen LogP contribution in [0.4, 0.5) is 0 Å². The molecule has 1 heterocycles.